The number of esters is 1. The Kier molecular flexibility index (Phi) is 6.28. The maximum atomic E-state index is 12.7. The van der Waals surface area contributed by atoms with Gasteiger partial charge in [-0.2, -0.15) is 0 Å². The topological polar surface area (TPSA) is 84.5 Å². The number of carbonyl (C=O) groups excluding carboxylic acids is 3. The number of ether oxygens (including phenoxy) is 1. The van der Waals surface area contributed by atoms with Crippen LogP contribution in [0, 0.1) is 0 Å². The molecule has 0 aliphatic carbocycles. The van der Waals surface area contributed by atoms with Gasteiger partial charge >= 0.3 is 5.97 Å². The number of para-hydroxylation sites is 1. The highest BCUT2D eigenvalue weighted by atomic mass is 32.2. The van der Waals surface area contributed by atoms with E-state index in [1.165, 1.54) is 18.7 Å². The van der Waals surface area contributed by atoms with Crippen LogP contribution in [0.3, 0.4) is 0 Å². The van der Waals surface area contributed by atoms with Crippen LogP contribution in [0.15, 0.2) is 77.7 Å². The van der Waals surface area contributed by atoms with Gasteiger partial charge < -0.3 is 15.4 Å². The molecule has 0 radical (unpaired) electrons. The molecule has 1 heterocycles. The van der Waals surface area contributed by atoms with Gasteiger partial charge in [0.2, 0.25) is 5.91 Å². The van der Waals surface area contributed by atoms with Crippen LogP contribution in [0.1, 0.15) is 24.2 Å². The summed E-state index contributed by atoms with van der Waals surface area (Å²) in [6.07, 6.45) is -1.01. The third-order valence-electron chi connectivity index (χ3n) is 5.07. The summed E-state index contributed by atoms with van der Waals surface area (Å²) in [5.41, 5.74) is 3.31. The molecule has 162 valence electrons. The second-order valence-electron chi connectivity index (χ2n) is 7.41. The molecule has 0 spiro atoms. The lowest BCUT2D eigenvalue weighted by atomic mass is 10.0. The molecule has 4 rings (SSSR count). The largest absolute Gasteiger partial charge is 0.449 e. The highest BCUT2D eigenvalue weighted by Gasteiger charge is 2.25. The predicted molar refractivity (Wildman–Crippen MR) is 126 cm³/mol. The molecule has 0 aromatic heterocycles. The molecule has 2 unspecified atom stereocenters. The van der Waals surface area contributed by atoms with Crippen molar-refractivity contribution in [1.82, 2.24) is 0 Å². The summed E-state index contributed by atoms with van der Waals surface area (Å²) in [6.45, 7) is 3.34. The molecule has 2 N–H and O–H groups in total. The van der Waals surface area contributed by atoms with Gasteiger partial charge in [0.05, 0.1) is 16.5 Å². The standard InChI is InChI=1S/C25H22N2O4S/c1-15(23(28)26-20-11-7-6-10-19(20)17-8-4-3-5-9-17)31-25(30)18-12-13-22-21(14-18)27-24(29)16(2)32-22/h3-16H,1-2H3,(H,26,28)(H,27,29). The Morgan fingerprint density at radius 3 is 2.53 bits per heavy atom. The third-order valence-corrected chi connectivity index (χ3v) is 6.25. The zero-order chi connectivity index (χ0) is 22.7. The predicted octanol–water partition coefficient (Wildman–Crippen LogP) is 4.97. The van der Waals surface area contributed by atoms with Gasteiger partial charge in [-0.3, -0.25) is 9.59 Å². The van der Waals surface area contributed by atoms with Gasteiger partial charge in [0.25, 0.3) is 5.91 Å². The van der Waals surface area contributed by atoms with E-state index in [-0.39, 0.29) is 16.7 Å². The molecule has 7 heteroatoms. The maximum Gasteiger partial charge on any atom is 0.338 e. The lowest BCUT2D eigenvalue weighted by Gasteiger charge is -2.22. The van der Waals surface area contributed by atoms with Crippen molar-refractivity contribution in [3.63, 3.8) is 0 Å². The molecule has 6 nitrogen and oxygen atoms in total. The van der Waals surface area contributed by atoms with E-state index in [2.05, 4.69) is 10.6 Å². The van der Waals surface area contributed by atoms with Crippen LogP contribution in [0.2, 0.25) is 0 Å². The maximum absolute atomic E-state index is 12.7. The van der Waals surface area contributed by atoms with E-state index in [4.69, 9.17) is 4.74 Å². The minimum atomic E-state index is -1.01. The lowest BCUT2D eigenvalue weighted by molar-refractivity contribution is -0.123. The van der Waals surface area contributed by atoms with Gasteiger partial charge in [0.1, 0.15) is 0 Å². The highest BCUT2D eigenvalue weighted by Crippen LogP contribution is 2.36. The van der Waals surface area contributed by atoms with Crippen molar-refractivity contribution in [3.8, 4) is 11.1 Å². The molecule has 3 aromatic carbocycles. The van der Waals surface area contributed by atoms with E-state index in [1.54, 1.807) is 24.3 Å². The summed E-state index contributed by atoms with van der Waals surface area (Å²) in [7, 11) is 0. The molecule has 1 aliphatic rings. The number of benzene rings is 3. The number of fused-ring (bicyclic) bond motifs is 1. The molecule has 0 fully saturated rings. The van der Waals surface area contributed by atoms with Crippen LogP contribution >= 0.6 is 11.8 Å². The SMILES string of the molecule is CC(OC(=O)c1ccc2c(c1)NC(=O)C(C)S2)C(=O)Nc1ccccc1-c1ccccc1. The summed E-state index contributed by atoms with van der Waals surface area (Å²) >= 11 is 1.43. The average molecular weight is 447 g/mol. The third kappa shape index (κ3) is 4.68. The van der Waals surface area contributed by atoms with Crippen LogP contribution in [0.5, 0.6) is 0 Å². The van der Waals surface area contributed by atoms with Crippen LogP contribution in [-0.4, -0.2) is 29.1 Å². The molecular weight excluding hydrogens is 424 g/mol. The van der Waals surface area contributed by atoms with E-state index in [0.29, 0.717) is 11.4 Å². The fourth-order valence-electron chi connectivity index (χ4n) is 3.31. The quantitative estimate of drug-likeness (QED) is 0.541. The minimum absolute atomic E-state index is 0.113. The molecule has 1 aliphatic heterocycles. The second-order valence-corrected chi connectivity index (χ2v) is 8.79. The fraction of sp³-hybridized carbons (Fsp3) is 0.160. The van der Waals surface area contributed by atoms with Gasteiger partial charge in [0.15, 0.2) is 6.10 Å². The molecule has 0 saturated heterocycles. The van der Waals surface area contributed by atoms with E-state index >= 15 is 0 Å². The van der Waals surface area contributed by atoms with Gasteiger partial charge in [-0.1, -0.05) is 48.5 Å². The first-order chi connectivity index (χ1) is 15.4. The molecule has 0 bridgehead atoms. The van der Waals surface area contributed by atoms with Crippen molar-refractivity contribution in [2.24, 2.45) is 0 Å². The van der Waals surface area contributed by atoms with Gasteiger partial charge in [0, 0.05) is 16.1 Å². The molecule has 2 amide bonds. The Hall–Kier alpha value is -3.58. The first-order valence-corrected chi connectivity index (χ1v) is 11.1. The first-order valence-electron chi connectivity index (χ1n) is 10.2. The Morgan fingerprint density at radius 2 is 1.75 bits per heavy atom. The summed E-state index contributed by atoms with van der Waals surface area (Å²) in [5, 5.41) is 5.45. The number of carbonyl (C=O) groups is 3. The first kappa shape index (κ1) is 21.6. The zero-order valence-corrected chi connectivity index (χ0v) is 18.4. The van der Waals surface area contributed by atoms with E-state index < -0.39 is 18.0 Å². The minimum Gasteiger partial charge on any atom is -0.449 e. The number of thioether (sulfide) groups is 1. The van der Waals surface area contributed by atoms with Crippen molar-refractivity contribution in [1.29, 1.82) is 0 Å². The van der Waals surface area contributed by atoms with Gasteiger partial charge in [-0.15, -0.1) is 11.8 Å². The van der Waals surface area contributed by atoms with Crippen LogP contribution in [0.4, 0.5) is 11.4 Å². The highest BCUT2D eigenvalue weighted by molar-refractivity contribution is 8.00. The zero-order valence-electron chi connectivity index (χ0n) is 17.6. The number of hydrogen-bond acceptors (Lipinski definition) is 5. The van der Waals surface area contributed by atoms with Gasteiger partial charge in [-0.05, 0) is 43.7 Å². The molecule has 0 saturated carbocycles. The van der Waals surface area contributed by atoms with Crippen LogP contribution in [-0.2, 0) is 14.3 Å². The molecular formula is C25H22N2O4S. The summed E-state index contributed by atoms with van der Waals surface area (Å²) in [4.78, 5) is 38.1. The average Bonchev–Trinajstić information content (AvgIpc) is 2.80. The Morgan fingerprint density at radius 1 is 1.03 bits per heavy atom. The van der Waals surface area contributed by atoms with Gasteiger partial charge in [-0.25, -0.2) is 4.79 Å². The fourth-order valence-corrected chi connectivity index (χ4v) is 4.24. The smallest absolute Gasteiger partial charge is 0.338 e. The lowest BCUT2D eigenvalue weighted by Crippen LogP contribution is -2.30. The van der Waals surface area contributed by atoms with E-state index in [0.717, 1.165) is 16.0 Å². The second kappa shape index (κ2) is 9.28. The van der Waals surface area contributed by atoms with Crippen molar-refractivity contribution in [2.45, 2.75) is 30.1 Å². The van der Waals surface area contributed by atoms with E-state index in [9.17, 15) is 14.4 Å². The van der Waals surface area contributed by atoms with Crippen LogP contribution in [0.25, 0.3) is 11.1 Å². The van der Waals surface area contributed by atoms with Crippen molar-refractivity contribution >= 4 is 40.9 Å². The normalized spacial score (nSPS) is 15.8. The summed E-state index contributed by atoms with van der Waals surface area (Å²) < 4.78 is 5.38. The monoisotopic (exact) mass is 446 g/mol. The Balaban J connectivity index is 1.44. The van der Waals surface area contributed by atoms with Crippen molar-refractivity contribution < 1.29 is 19.1 Å². The van der Waals surface area contributed by atoms with E-state index in [1.807, 2.05) is 55.5 Å². The number of amides is 2. The van der Waals surface area contributed by atoms with Crippen LogP contribution < -0.4 is 10.6 Å². The summed E-state index contributed by atoms with van der Waals surface area (Å²) in [5.74, 6) is -1.18. The summed E-state index contributed by atoms with van der Waals surface area (Å²) in [6, 6.07) is 22.1. The number of nitrogens with one attached hydrogen (secondary N) is 2. The van der Waals surface area contributed by atoms with Crippen molar-refractivity contribution in [2.75, 3.05) is 10.6 Å². The number of anilines is 2. The number of hydrogen-bond donors (Lipinski definition) is 2. The van der Waals surface area contributed by atoms with Crippen molar-refractivity contribution in [3.05, 3.63) is 78.4 Å². The Bertz CT molecular complexity index is 1180. The molecule has 3 aromatic rings. The molecule has 32 heavy (non-hydrogen) atoms. The Labute approximate surface area is 190 Å². The number of rotatable bonds is 5. The molecule has 2 atom stereocenters.